The van der Waals surface area contributed by atoms with Crippen LogP contribution in [-0.2, 0) is 11.3 Å². The Labute approximate surface area is 117 Å². The summed E-state index contributed by atoms with van der Waals surface area (Å²) in [5, 5.41) is 2.82. The van der Waals surface area contributed by atoms with Crippen LogP contribution >= 0.6 is 0 Å². The Bertz CT molecular complexity index is 608. The van der Waals surface area contributed by atoms with Gasteiger partial charge in [-0.2, -0.15) is 0 Å². The van der Waals surface area contributed by atoms with Gasteiger partial charge in [-0.05, 0) is 23.8 Å². The average molecular weight is 269 g/mol. The van der Waals surface area contributed by atoms with E-state index in [-0.39, 0.29) is 5.91 Å². The van der Waals surface area contributed by atoms with Gasteiger partial charge in [0.2, 0.25) is 0 Å². The molecule has 0 saturated heterocycles. The van der Waals surface area contributed by atoms with Gasteiger partial charge in [-0.15, -0.1) is 0 Å². The minimum atomic E-state index is -0.410. The van der Waals surface area contributed by atoms with Crippen molar-refractivity contribution in [3.05, 3.63) is 65.7 Å². The molecule has 0 heterocycles. The molecule has 0 unspecified atom stereocenters. The van der Waals surface area contributed by atoms with Gasteiger partial charge in [0.25, 0.3) is 5.91 Å². The Balaban J connectivity index is 2.00. The molecule has 20 heavy (non-hydrogen) atoms. The van der Waals surface area contributed by atoms with E-state index in [9.17, 15) is 9.59 Å². The van der Waals surface area contributed by atoms with Gasteiger partial charge < -0.3 is 10.1 Å². The van der Waals surface area contributed by atoms with E-state index in [0.29, 0.717) is 17.9 Å². The lowest BCUT2D eigenvalue weighted by atomic mass is 10.2. The highest BCUT2D eigenvalue weighted by atomic mass is 16.5. The zero-order chi connectivity index (χ0) is 14.4. The molecule has 4 heteroatoms. The molecule has 0 radical (unpaired) electrons. The lowest BCUT2D eigenvalue weighted by Gasteiger charge is -2.07. The van der Waals surface area contributed by atoms with Gasteiger partial charge in [0.05, 0.1) is 0 Å². The lowest BCUT2D eigenvalue weighted by molar-refractivity contribution is -0.131. The summed E-state index contributed by atoms with van der Waals surface area (Å²) in [6, 6.07) is 16.2. The second-order valence-electron chi connectivity index (χ2n) is 4.29. The molecule has 0 aliphatic rings. The number of hydrogen-bond donors (Lipinski definition) is 1. The number of nitrogens with one attached hydrogen (secondary N) is 1. The molecule has 0 bridgehead atoms. The van der Waals surface area contributed by atoms with Gasteiger partial charge in [0.1, 0.15) is 5.75 Å². The fraction of sp³-hybridized carbons (Fsp3) is 0.125. The normalized spacial score (nSPS) is 9.85. The largest absolute Gasteiger partial charge is 0.427 e. The number of rotatable bonds is 4. The third kappa shape index (κ3) is 3.95. The summed E-state index contributed by atoms with van der Waals surface area (Å²) >= 11 is 0. The molecule has 102 valence electrons. The molecule has 2 aromatic rings. The smallest absolute Gasteiger partial charge is 0.308 e. The van der Waals surface area contributed by atoms with Crippen LogP contribution in [0.4, 0.5) is 0 Å². The van der Waals surface area contributed by atoms with E-state index in [1.807, 2.05) is 30.3 Å². The standard InChI is InChI=1S/C16H15NO3/c1-12(18)20-15-9-5-8-14(10-15)16(19)17-11-13-6-3-2-4-7-13/h2-10H,11H2,1H3,(H,17,19). The van der Waals surface area contributed by atoms with Crippen LogP contribution in [0.2, 0.25) is 0 Å². The zero-order valence-electron chi connectivity index (χ0n) is 11.1. The molecule has 2 rings (SSSR count). The SMILES string of the molecule is CC(=O)Oc1cccc(C(=O)NCc2ccccc2)c1. The van der Waals surface area contributed by atoms with Crippen molar-refractivity contribution in [3.63, 3.8) is 0 Å². The van der Waals surface area contributed by atoms with Crippen molar-refractivity contribution in [2.75, 3.05) is 0 Å². The molecule has 0 atom stereocenters. The molecule has 0 spiro atoms. The Morgan fingerprint density at radius 1 is 1.05 bits per heavy atom. The second-order valence-corrected chi connectivity index (χ2v) is 4.29. The predicted molar refractivity (Wildman–Crippen MR) is 75.4 cm³/mol. The maximum absolute atomic E-state index is 12.0. The van der Waals surface area contributed by atoms with Gasteiger partial charge >= 0.3 is 5.97 Å². The summed E-state index contributed by atoms with van der Waals surface area (Å²) in [6.45, 7) is 1.78. The van der Waals surface area contributed by atoms with E-state index in [2.05, 4.69) is 5.32 Å². The molecule has 0 fully saturated rings. The number of esters is 1. The Hall–Kier alpha value is -2.62. The van der Waals surface area contributed by atoms with Gasteiger partial charge in [-0.1, -0.05) is 36.4 Å². The first-order valence-corrected chi connectivity index (χ1v) is 6.26. The molecule has 1 N–H and O–H groups in total. The molecule has 0 aliphatic heterocycles. The van der Waals surface area contributed by atoms with Crippen LogP contribution in [0.5, 0.6) is 5.75 Å². The highest BCUT2D eigenvalue weighted by molar-refractivity contribution is 5.94. The number of hydrogen-bond acceptors (Lipinski definition) is 3. The quantitative estimate of drug-likeness (QED) is 0.685. The van der Waals surface area contributed by atoms with Gasteiger partial charge in [-0.3, -0.25) is 9.59 Å². The van der Waals surface area contributed by atoms with E-state index < -0.39 is 5.97 Å². The number of ether oxygens (including phenoxy) is 1. The van der Waals surface area contributed by atoms with E-state index >= 15 is 0 Å². The van der Waals surface area contributed by atoms with Gasteiger partial charge in [0, 0.05) is 19.0 Å². The first-order valence-electron chi connectivity index (χ1n) is 6.26. The molecule has 1 amide bonds. The molecule has 4 nitrogen and oxygen atoms in total. The summed E-state index contributed by atoms with van der Waals surface area (Å²) in [7, 11) is 0. The van der Waals surface area contributed by atoms with Gasteiger partial charge in [-0.25, -0.2) is 0 Å². The number of amides is 1. The van der Waals surface area contributed by atoms with Crippen molar-refractivity contribution in [2.24, 2.45) is 0 Å². The van der Waals surface area contributed by atoms with Crippen molar-refractivity contribution < 1.29 is 14.3 Å². The number of carbonyl (C=O) groups is 2. The number of carbonyl (C=O) groups excluding carboxylic acids is 2. The summed E-state index contributed by atoms with van der Waals surface area (Å²) in [4.78, 5) is 22.9. The second kappa shape index (κ2) is 6.52. The van der Waals surface area contributed by atoms with Crippen LogP contribution in [0.15, 0.2) is 54.6 Å². The van der Waals surface area contributed by atoms with E-state index in [4.69, 9.17) is 4.74 Å². The molecule has 0 saturated carbocycles. The van der Waals surface area contributed by atoms with Crippen molar-refractivity contribution in [1.29, 1.82) is 0 Å². The fourth-order valence-corrected chi connectivity index (χ4v) is 1.75. The topological polar surface area (TPSA) is 55.4 Å². The zero-order valence-corrected chi connectivity index (χ0v) is 11.1. The highest BCUT2D eigenvalue weighted by Gasteiger charge is 2.07. The maximum Gasteiger partial charge on any atom is 0.308 e. The van der Waals surface area contributed by atoms with E-state index in [1.54, 1.807) is 24.3 Å². The number of benzene rings is 2. The van der Waals surface area contributed by atoms with Crippen molar-refractivity contribution >= 4 is 11.9 Å². The molecule has 2 aromatic carbocycles. The maximum atomic E-state index is 12.0. The molecule has 0 aliphatic carbocycles. The van der Waals surface area contributed by atoms with Crippen LogP contribution in [0.1, 0.15) is 22.8 Å². The summed E-state index contributed by atoms with van der Waals surface area (Å²) < 4.78 is 4.95. The van der Waals surface area contributed by atoms with E-state index in [1.165, 1.54) is 6.92 Å². The minimum Gasteiger partial charge on any atom is -0.427 e. The van der Waals surface area contributed by atoms with Crippen molar-refractivity contribution in [3.8, 4) is 5.75 Å². The fourth-order valence-electron chi connectivity index (χ4n) is 1.75. The average Bonchev–Trinajstić information content (AvgIpc) is 2.45. The summed E-state index contributed by atoms with van der Waals surface area (Å²) in [5.74, 6) is -0.250. The molecule has 0 aromatic heterocycles. The summed E-state index contributed by atoms with van der Waals surface area (Å²) in [6.07, 6.45) is 0. The monoisotopic (exact) mass is 269 g/mol. The summed E-state index contributed by atoms with van der Waals surface area (Å²) in [5.41, 5.74) is 1.48. The Morgan fingerprint density at radius 2 is 1.80 bits per heavy atom. The van der Waals surface area contributed by atoms with Crippen LogP contribution in [0.25, 0.3) is 0 Å². The van der Waals surface area contributed by atoms with Crippen molar-refractivity contribution in [2.45, 2.75) is 13.5 Å². The minimum absolute atomic E-state index is 0.206. The highest BCUT2D eigenvalue weighted by Crippen LogP contribution is 2.13. The van der Waals surface area contributed by atoms with Crippen LogP contribution < -0.4 is 10.1 Å². The van der Waals surface area contributed by atoms with Crippen LogP contribution in [0.3, 0.4) is 0 Å². The van der Waals surface area contributed by atoms with Gasteiger partial charge in [0.15, 0.2) is 0 Å². The van der Waals surface area contributed by atoms with Crippen LogP contribution in [0, 0.1) is 0 Å². The third-order valence-corrected chi connectivity index (χ3v) is 2.65. The predicted octanol–water partition coefficient (Wildman–Crippen LogP) is 2.54. The molecular weight excluding hydrogens is 254 g/mol. The van der Waals surface area contributed by atoms with E-state index in [0.717, 1.165) is 5.56 Å². The van der Waals surface area contributed by atoms with Crippen LogP contribution in [-0.4, -0.2) is 11.9 Å². The Kier molecular flexibility index (Phi) is 4.50. The third-order valence-electron chi connectivity index (χ3n) is 2.65. The first kappa shape index (κ1) is 13.8. The first-order chi connectivity index (χ1) is 9.65. The lowest BCUT2D eigenvalue weighted by Crippen LogP contribution is -2.22. The molecular formula is C16H15NO3. The Morgan fingerprint density at radius 3 is 2.50 bits per heavy atom. The van der Waals surface area contributed by atoms with Crippen molar-refractivity contribution in [1.82, 2.24) is 5.32 Å².